The van der Waals surface area contributed by atoms with Gasteiger partial charge in [0.2, 0.25) is 0 Å². The van der Waals surface area contributed by atoms with E-state index < -0.39 is 0 Å². The largest absolute Gasteiger partial charge is 0.382 e. The van der Waals surface area contributed by atoms with Gasteiger partial charge < -0.3 is 15.2 Å². The molecule has 104 valence electrons. The molecule has 0 aliphatic carbocycles. The molecule has 1 fully saturated rings. The second-order valence-electron chi connectivity index (χ2n) is 5.04. The molecule has 1 aliphatic rings. The van der Waals surface area contributed by atoms with Crippen LogP contribution in [0.15, 0.2) is 30.5 Å². The highest BCUT2D eigenvalue weighted by atomic mass is 16.2. The predicted octanol–water partition coefficient (Wildman–Crippen LogP) is 1.37. The van der Waals surface area contributed by atoms with Crippen LogP contribution in [0.5, 0.6) is 0 Å². The minimum atomic E-state index is -0.00880. The van der Waals surface area contributed by atoms with Crippen LogP contribution in [0.2, 0.25) is 0 Å². The van der Waals surface area contributed by atoms with Crippen LogP contribution in [0.4, 0.5) is 5.82 Å². The zero-order valence-corrected chi connectivity index (χ0v) is 11.4. The van der Waals surface area contributed by atoms with Gasteiger partial charge in [-0.05, 0) is 37.1 Å². The third kappa shape index (κ3) is 2.13. The van der Waals surface area contributed by atoms with Gasteiger partial charge in [-0.2, -0.15) is 5.10 Å². The van der Waals surface area contributed by atoms with E-state index in [9.17, 15) is 4.79 Å². The van der Waals surface area contributed by atoms with Crippen LogP contribution in [0.1, 0.15) is 35.1 Å². The highest BCUT2D eigenvalue weighted by Crippen LogP contribution is 2.31. The molecule has 1 unspecified atom stereocenters. The zero-order valence-electron chi connectivity index (χ0n) is 11.4. The Morgan fingerprint density at radius 1 is 1.35 bits per heavy atom. The molecule has 1 atom stereocenters. The number of rotatable bonds is 2. The Hall–Kier alpha value is -2.37. The van der Waals surface area contributed by atoms with E-state index in [1.165, 1.54) is 0 Å². The lowest BCUT2D eigenvalue weighted by molar-refractivity contribution is 0.0722. The summed E-state index contributed by atoms with van der Waals surface area (Å²) in [5.74, 6) is 0.436. The molecule has 0 spiro atoms. The molecule has 1 amide bonds. The number of nitrogens with two attached hydrogens (primary N) is 1. The molecule has 20 heavy (non-hydrogen) atoms. The van der Waals surface area contributed by atoms with E-state index in [4.69, 9.17) is 5.73 Å². The van der Waals surface area contributed by atoms with Gasteiger partial charge in [-0.15, -0.1) is 5.10 Å². The first-order valence-electron chi connectivity index (χ1n) is 6.68. The summed E-state index contributed by atoms with van der Waals surface area (Å²) in [7, 11) is 1.88. The number of aryl methyl sites for hydroxylation is 1. The van der Waals surface area contributed by atoms with Crippen LogP contribution in [0.25, 0.3) is 0 Å². The number of hydrogen-bond acceptors (Lipinski definition) is 4. The molecule has 1 aliphatic heterocycles. The normalized spacial score (nSPS) is 18.4. The summed E-state index contributed by atoms with van der Waals surface area (Å²) in [6, 6.07) is 7.29. The van der Waals surface area contributed by atoms with Gasteiger partial charge in [0, 0.05) is 19.8 Å². The summed E-state index contributed by atoms with van der Waals surface area (Å²) in [5, 5.41) is 8.00. The van der Waals surface area contributed by atoms with Crippen molar-refractivity contribution in [3.63, 3.8) is 0 Å². The maximum absolute atomic E-state index is 12.6. The maximum atomic E-state index is 12.6. The highest BCUT2D eigenvalue weighted by Gasteiger charge is 2.32. The van der Waals surface area contributed by atoms with E-state index in [0.717, 1.165) is 25.1 Å². The second kappa shape index (κ2) is 4.96. The number of carbonyl (C=O) groups is 1. The Balaban J connectivity index is 1.87. The van der Waals surface area contributed by atoms with Gasteiger partial charge in [0.1, 0.15) is 11.5 Å². The molecular formula is C14H17N5O. The van der Waals surface area contributed by atoms with Crippen molar-refractivity contribution in [2.45, 2.75) is 18.9 Å². The Morgan fingerprint density at radius 3 is 2.85 bits per heavy atom. The van der Waals surface area contributed by atoms with Gasteiger partial charge in [-0.3, -0.25) is 4.79 Å². The molecule has 6 nitrogen and oxygen atoms in total. The third-order valence-electron chi connectivity index (χ3n) is 3.72. The quantitative estimate of drug-likeness (QED) is 0.895. The summed E-state index contributed by atoms with van der Waals surface area (Å²) < 4.78 is 1.84. The molecule has 2 N–H and O–H groups in total. The summed E-state index contributed by atoms with van der Waals surface area (Å²) in [5.41, 5.74) is 7.06. The number of anilines is 1. The number of hydrogen-bond donors (Lipinski definition) is 1. The molecule has 1 saturated heterocycles. The van der Waals surface area contributed by atoms with Crippen LogP contribution in [-0.4, -0.2) is 32.1 Å². The topological polar surface area (TPSA) is 77.0 Å². The zero-order chi connectivity index (χ0) is 14.1. The standard InChI is InChI=1S/C14H17N5O/c1-18-8-2-5-12(18)14(20)19-9-3-4-11(19)10-6-7-13(15)17-16-10/h2,5-8,11H,3-4,9H2,1H3,(H2,15,17). The van der Waals surface area contributed by atoms with E-state index in [1.807, 2.05) is 40.9 Å². The average molecular weight is 271 g/mol. The number of carbonyl (C=O) groups excluding carboxylic acids is 1. The summed E-state index contributed by atoms with van der Waals surface area (Å²) >= 11 is 0. The Labute approximate surface area is 117 Å². The summed E-state index contributed by atoms with van der Waals surface area (Å²) in [6.45, 7) is 0.751. The van der Waals surface area contributed by atoms with Gasteiger partial charge in [0.15, 0.2) is 0 Å². The first-order valence-corrected chi connectivity index (χ1v) is 6.68. The number of nitrogens with zero attached hydrogens (tertiary/aromatic N) is 4. The van der Waals surface area contributed by atoms with E-state index in [2.05, 4.69) is 10.2 Å². The van der Waals surface area contributed by atoms with Crippen molar-refractivity contribution < 1.29 is 4.79 Å². The molecule has 0 radical (unpaired) electrons. The lowest BCUT2D eigenvalue weighted by Crippen LogP contribution is -2.32. The van der Waals surface area contributed by atoms with Gasteiger partial charge in [-0.1, -0.05) is 0 Å². The number of aromatic nitrogens is 3. The number of amides is 1. The fourth-order valence-electron chi connectivity index (χ4n) is 2.68. The summed E-state index contributed by atoms with van der Waals surface area (Å²) in [4.78, 5) is 14.5. The minimum Gasteiger partial charge on any atom is -0.382 e. The number of likely N-dealkylation sites (tertiary alicyclic amines) is 1. The molecule has 0 bridgehead atoms. The first-order chi connectivity index (χ1) is 9.66. The van der Waals surface area contributed by atoms with E-state index in [-0.39, 0.29) is 11.9 Å². The third-order valence-corrected chi connectivity index (χ3v) is 3.72. The van der Waals surface area contributed by atoms with Crippen LogP contribution in [0, 0.1) is 0 Å². The van der Waals surface area contributed by atoms with Gasteiger partial charge in [-0.25, -0.2) is 0 Å². The Morgan fingerprint density at radius 2 is 2.20 bits per heavy atom. The highest BCUT2D eigenvalue weighted by molar-refractivity contribution is 5.93. The van der Waals surface area contributed by atoms with Crippen LogP contribution >= 0.6 is 0 Å². The predicted molar refractivity (Wildman–Crippen MR) is 74.9 cm³/mol. The van der Waals surface area contributed by atoms with Gasteiger partial charge >= 0.3 is 0 Å². The maximum Gasteiger partial charge on any atom is 0.271 e. The van der Waals surface area contributed by atoms with Crippen LogP contribution in [-0.2, 0) is 7.05 Å². The summed E-state index contributed by atoms with van der Waals surface area (Å²) in [6.07, 6.45) is 3.77. The molecule has 3 heterocycles. The van der Waals surface area contributed by atoms with Gasteiger partial charge in [0.05, 0.1) is 11.7 Å². The molecule has 0 aromatic carbocycles. The Bertz CT molecular complexity index is 619. The molecular weight excluding hydrogens is 254 g/mol. The molecule has 2 aromatic rings. The second-order valence-corrected chi connectivity index (χ2v) is 5.04. The van der Waals surface area contributed by atoms with E-state index >= 15 is 0 Å². The van der Waals surface area contributed by atoms with Crippen molar-refractivity contribution in [3.8, 4) is 0 Å². The van der Waals surface area contributed by atoms with Crippen molar-refractivity contribution in [2.75, 3.05) is 12.3 Å². The first kappa shape index (κ1) is 12.7. The number of nitrogen functional groups attached to an aromatic ring is 1. The van der Waals surface area contributed by atoms with E-state index in [1.54, 1.807) is 6.07 Å². The monoisotopic (exact) mass is 271 g/mol. The minimum absolute atomic E-state index is 0.00880. The van der Waals surface area contributed by atoms with Crippen molar-refractivity contribution in [1.29, 1.82) is 0 Å². The van der Waals surface area contributed by atoms with Crippen molar-refractivity contribution in [3.05, 3.63) is 41.9 Å². The smallest absolute Gasteiger partial charge is 0.271 e. The van der Waals surface area contributed by atoms with Crippen LogP contribution in [0.3, 0.4) is 0 Å². The SMILES string of the molecule is Cn1cccc1C(=O)N1CCCC1c1ccc(N)nn1. The average Bonchev–Trinajstić information content (AvgIpc) is 3.07. The lowest BCUT2D eigenvalue weighted by atomic mass is 10.1. The molecule has 3 rings (SSSR count). The molecule has 0 saturated carbocycles. The van der Waals surface area contributed by atoms with E-state index in [0.29, 0.717) is 11.5 Å². The lowest BCUT2D eigenvalue weighted by Gasteiger charge is -2.24. The molecule has 6 heteroatoms. The van der Waals surface area contributed by atoms with Crippen LogP contribution < -0.4 is 5.73 Å². The fraction of sp³-hybridized carbons (Fsp3) is 0.357. The van der Waals surface area contributed by atoms with Crippen molar-refractivity contribution in [1.82, 2.24) is 19.7 Å². The van der Waals surface area contributed by atoms with Crippen molar-refractivity contribution in [2.24, 2.45) is 7.05 Å². The Kier molecular flexibility index (Phi) is 3.14. The van der Waals surface area contributed by atoms with Crippen molar-refractivity contribution >= 4 is 11.7 Å². The molecule has 2 aromatic heterocycles. The fourth-order valence-corrected chi connectivity index (χ4v) is 2.68. The van der Waals surface area contributed by atoms with Gasteiger partial charge in [0.25, 0.3) is 5.91 Å².